The van der Waals surface area contributed by atoms with E-state index in [1.54, 1.807) is 0 Å². The fraction of sp³-hybridized carbons (Fsp3) is 0.913. The molecule has 26 heavy (non-hydrogen) atoms. The third-order valence-electron chi connectivity index (χ3n) is 6.40. The summed E-state index contributed by atoms with van der Waals surface area (Å²) in [6.07, 6.45) is 20.8. The highest BCUT2D eigenvalue weighted by Crippen LogP contribution is 2.38. The van der Waals surface area contributed by atoms with Crippen molar-refractivity contribution in [2.24, 2.45) is 11.8 Å². The summed E-state index contributed by atoms with van der Waals surface area (Å²) in [6, 6.07) is 0. The van der Waals surface area contributed by atoms with Crippen LogP contribution < -0.4 is 0 Å². The zero-order chi connectivity index (χ0) is 19.4. The van der Waals surface area contributed by atoms with Gasteiger partial charge in [-0.3, -0.25) is 0 Å². The van der Waals surface area contributed by atoms with Crippen molar-refractivity contribution < 1.29 is 5.11 Å². The minimum absolute atomic E-state index is 0.0824. The number of hydrogen-bond donors (Lipinski definition) is 1. The lowest BCUT2D eigenvalue weighted by molar-refractivity contribution is 0.322. The number of rotatable bonds is 14. The van der Waals surface area contributed by atoms with Gasteiger partial charge in [-0.25, -0.2) is 0 Å². The van der Waals surface area contributed by atoms with Crippen molar-refractivity contribution in [1.82, 2.24) is 0 Å². The third-order valence-corrected chi connectivity index (χ3v) is 9.09. The molecule has 0 radical (unpaired) electrons. The highest BCUT2D eigenvalue weighted by molar-refractivity contribution is 6.83. The van der Waals surface area contributed by atoms with Gasteiger partial charge in [0.1, 0.15) is 0 Å². The Morgan fingerprint density at radius 2 is 1.35 bits per heavy atom. The van der Waals surface area contributed by atoms with Gasteiger partial charge in [-0.15, -0.1) is 0 Å². The molecule has 0 unspecified atom stereocenters. The number of unbranched alkanes of at least 4 members (excludes halogenated alkanes) is 7. The van der Waals surface area contributed by atoms with Crippen molar-refractivity contribution in [2.45, 2.75) is 123 Å². The number of aliphatic hydroxyl groups is 1. The summed E-state index contributed by atoms with van der Waals surface area (Å²) in [6.45, 7) is 9.11. The lowest BCUT2D eigenvalue weighted by Crippen LogP contribution is -2.25. The smallest absolute Gasteiger partial charge is 0.179 e. The van der Waals surface area contributed by atoms with E-state index in [-0.39, 0.29) is 5.22 Å². The van der Waals surface area contributed by atoms with Crippen LogP contribution in [0.4, 0.5) is 0 Å². The fourth-order valence-corrected chi connectivity index (χ4v) is 7.22. The largest absolute Gasteiger partial charge is 0.499 e. The molecule has 0 bridgehead atoms. The molecule has 0 aromatic heterocycles. The molecule has 1 fully saturated rings. The standard InChI is InChI=1S/C23H45ClOSi/c1-5-6-7-8-9-11-15-20-17-14-18-21(20)16-12-10-13-19-22(23(24)25)26(2,3)4/h20-21,25H,5-19H2,1-4H3/t20-,21-/m0/s1. The lowest BCUT2D eigenvalue weighted by Gasteiger charge is -2.21. The van der Waals surface area contributed by atoms with Crippen LogP contribution in [-0.4, -0.2) is 13.2 Å². The molecule has 0 heterocycles. The lowest BCUT2D eigenvalue weighted by atomic mass is 9.87. The molecule has 0 aliphatic heterocycles. The van der Waals surface area contributed by atoms with Crippen LogP contribution in [0.25, 0.3) is 0 Å². The van der Waals surface area contributed by atoms with Gasteiger partial charge in [0.15, 0.2) is 5.22 Å². The van der Waals surface area contributed by atoms with E-state index in [2.05, 4.69) is 26.6 Å². The van der Waals surface area contributed by atoms with E-state index in [9.17, 15) is 5.11 Å². The molecule has 1 aliphatic rings. The van der Waals surface area contributed by atoms with E-state index in [0.29, 0.717) is 0 Å². The van der Waals surface area contributed by atoms with E-state index in [0.717, 1.165) is 23.5 Å². The van der Waals surface area contributed by atoms with Crippen molar-refractivity contribution in [1.29, 1.82) is 0 Å². The van der Waals surface area contributed by atoms with Crippen molar-refractivity contribution in [3.05, 3.63) is 10.4 Å². The van der Waals surface area contributed by atoms with Gasteiger partial charge in [-0.2, -0.15) is 0 Å². The van der Waals surface area contributed by atoms with E-state index >= 15 is 0 Å². The minimum Gasteiger partial charge on any atom is -0.499 e. The van der Waals surface area contributed by atoms with Crippen molar-refractivity contribution >= 4 is 19.7 Å². The molecule has 0 saturated heterocycles. The van der Waals surface area contributed by atoms with Crippen LogP contribution in [0.2, 0.25) is 19.6 Å². The monoisotopic (exact) mass is 400 g/mol. The molecule has 0 spiro atoms. The van der Waals surface area contributed by atoms with Crippen molar-refractivity contribution in [2.75, 3.05) is 0 Å². The molecule has 154 valence electrons. The second kappa shape index (κ2) is 13.3. The normalized spacial score (nSPS) is 21.9. The Hall–Kier alpha value is 0.0469. The van der Waals surface area contributed by atoms with Crippen molar-refractivity contribution in [3.63, 3.8) is 0 Å². The SMILES string of the molecule is CCCCCCCC[C@H]1CCC[C@@H]1CCCCCC(=C(O)Cl)[Si](C)(C)C. The predicted molar refractivity (Wildman–Crippen MR) is 121 cm³/mol. The first kappa shape index (κ1) is 24.1. The summed E-state index contributed by atoms with van der Waals surface area (Å²) in [5, 5.41) is 11.0. The quantitative estimate of drug-likeness (QED) is 0.175. The van der Waals surface area contributed by atoms with Crippen LogP contribution in [0.15, 0.2) is 10.4 Å². The van der Waals surface area contributed by atoms with Gasteiger partial charge < -0.3 is 5.11 Å². The average Bonchev–Trinajstić information content (AvgIpc) is 2.99. The Labute approximate surface area is 170 Å². The van der Waals surface area contributed by atoms with E-state index in [4.69, 9.17) is 11.6 Å². The molecule has 3 heteroatoms. The van der Waals surface area contributed by atoms with Gasteiger partial charge in [0, 0.05) is 0 Å². The summed E-state index contributed by atoms with van der Waals surface area (Å²) >= 11 is 5.92. The Morgan fingerprint density at radius 1 is 0.846 bits per heavy atom. The highest BCUT2D eigenvalue weighted by Gasteiger charge is 2.26. The van der Waals surface area contributed by atoms with Gasteiger partial charge in [0.2, 0.25) is 0 Å². The summed E-state index contributed by atoms with van der Waals surface area (Å²) in [4.78, 5) is 0. The Kier molecular flexibility index (Phi) is 12.3. The number of halogens is 1. The van der Waals surface area contributed by atoms with E-state index in [1.165, 1.54) is 89.9 Å². The summed E-state index contributed by atoms with van der Waals surface area (Å²) in [7, 11) is -1.48. The zero-order valence-electron chi connectivity index (χ0n) is 18.1. The van der Waals surface area contributed by atoms with Gasteiger partial charge >= 0.3 is 0 Å². The van der Waals surface area contributed by atoms with Gasteiger partial charge in [-0.1, -0.05) is 110 Å². The van der Waals surface area contributed by atoms with Crippen LogP contribution in [0.3, 0.4) is 0 Å². The molecular formula is C23H45ClOSi. The predicted octanol–water partition coefficient (Wildman–Crippen LogP) is 8.99. The first-order valence-electron chi connectivity index (χ1n) is 11.4. The summed E-state index contributed by atoms with van der Waals surface area (Å²) in [5.41, 5.74) is 0. The second-order valence-electron chi connectivity index (χ2n) is 9.63. The molecule has 2 atom stereocenters. The average molecular weight is 401 g/mol. The first-order valence-corrected chi connectivity index (χ1v) is 15.3. The highest BCUT2D eigenvalue weighted by atomic mass is 35.5. The molecule has 1 rings (SSSR count). The molecule has 0 amide bonds. The number of aliphatic hydroxyl groups excluding tert-OH is 1. The molecule has 1 saturated carbocycles. The maximum Gasteiger partial charge on any atom is 0.179 e. The van der Waals surface area contributed by atoms with Gasteiger partial charge in [0.25, 0.3) is 0 Å². The summed E-state index contributed by atoms with van der Waals surface area (Å²) < 4.78 is 0. The molecule has 1 N–H and O–H groups in total. The second-order valence-corrected chi connectivity index (χ2v) is 15.1. The third kappa shape index (κ3) is 9.83. The van der Waals surface area contributed by atoms with Crippen LogP contribution in [-0.2, 0) is 0 Å². The molecular weight excluding hydrogens is 356 g/mol. The Balaban J connectivity index is 2.16. The van der Waals surface area contributed by atoms with E-state index < -0.39 is 8.07 Å². The first-order chi connectivity index (χ1) is 12.4. The molecule has 1 nitrogen and oxygen atoms in total. The zero-order valence-corrected chi connectivity index (χ0v) is 19.8. The van der Waals surface area contributed by atoms with E-state index in [1.807, 2.05) is 0 Å². The van der Waals surface area contributed by atoms with Crippen LogP contribution >= 0.6 is 11.6 Å². The van der Waals surface area contributed by atoms with Crippen LogP contribution in [0.5, 0.6) is 0 Å². The maximum atomic E-state index is 9.74. The minimum atomic E-state index is -1.48. The van der Waals surface area contributed by atoms with Crippen LogP contribution in [0.1, 0.15) is 103 Å². The Bertz CT molecular complexity index is 396. The van der Waals surface area contributed by atoms with Crippen molar-refractivity contribution in [3.8, 4) is 0 Å². The molecule has 0 aromatic carbocycles. The summed E-state index contributed by atoms with van der Waals surface area (Å²) in [5.74, 6) is 2.02. The van der Waals surface area contributed by atoms with Gasteiger partial charge in [-0.05, 0) is 41.5 Å². The van der Waals surface area contributed by atoms with Gasteiger partial charge in [0.05, 0.1) is 8.07 Å². The Morgan fingerprint density at radius 3 is 1.85 bits per heavy atom. The van der Waals surface area contributed by atoms with Crippen LogP contribution in [0, 0.1) is 11.8 Å². The number of hydrogen-bond acceptors (Lipinski definition) is 1. The fourth-order valence-electron chi connectivity index (χ4n) is 4.73. The maximum absolute atomic E-state index is 9.74. The molecule has 0 aromatic rings. The number of allylic oxidation sites excluding steroid dienone is 1. The topological polar surface area (TPSA) is 20.2 Å². The molecule has 1 aliphatic carbocycles.